The number of Topliss-reactive ketones (excluding diaryl/α,β-unsaturated/α-hetero) is 1. The van der Waals surface area contributed by atoms with Gasteiger partial charge in [0.05, 0.1) is 19.1 Å². The molecule has 224 valence electrons. The summed E-state index contributed by atoms with van der Waals surface area (Å²) < 4.78 is 28.0. The molecule has 5 rings (SSSR count). The van der Waals surface area contributed by atoms with Gasteiger partial charge in [-0.2, -0.15) is 0 Å². The van der Waals surface area contributed by atoms with Gasteiger partial charge < -0.3 is 64.5 Å². The largest absolute Gasteiger partial charge is 0.508 e. The minimum absolute atomic E-state index is 0.00149. The Morgan fingerprint density at radius 3 is 2.20 bits per heavy atom. The van der Waals surface area contributed by atoms with Crippen LogP contribution in [0, 0.1) is 0 Å². The van der Waals surface area contributed by atoms with Crippen molar-refractivity contribution >= 4 is 5.78 Å². The molecule has 8 N–H and O–H groups in total. The summed E-state index contributed by atoms with van der Waals surface area (Å²) in [6.07, 6.45) is -15.6. The van der Waals surface area contributed by atoms with Gasteiger partial charge in [0.2, 0.25) is 6.29 Å². The van der Waals surface area contributed by atoms with Crippen LogP contribution in [0.15, 0.2) is 36.4 Å². The maximum Gasteiger partial charge on any atom is 0.229 e. The van der Waals surface area contributed by atoms with Crippen molar-refractivity contribution in [3.8, 4) is 23.0 Å². The lowest BCUT2D eigenvalue weighted by Gasteiger charge is -2.42. The van der Waals surface area contributed by atoms with Crippen molar-refractivity contribution in [3.05, 3.63) is 47.5 Å². The highest BCUT2D eigenvalue weighted by atomic mass is 16.7. The first-order valence-corrected chi connectivity index (χ1v) is 13.0. The number of ether oxygens (including phenoxy) is 5. The van der Waals surface area contributed by atoms with Crippen LogP contribution in [0.1, 0.15) is 35.4 Å². The SMILES string of the molecule is C[C@@H]1O[C@@H](OC[C@H]2O[C@@H](Oc3cc(O)c4c(c3)O[C@H](c3ccc(O)cc3)CC4=O)[C@@H](O)[C@H](O)[C@@H]2O)[C@@H](O)[C@H](O)[C@H]1O. The Morgan fingerprint density at radius 2 is 1.49 bits per heavy atom. The number of rotatable bonds is 6. The van der Waals surface area contributed by atoms with Crippen molar-refractivity contribution in [1.82, 2.24) is 0 Å². The third-order valence-corrected chi connectivity index (χ3v) is 7.39. The minimum Gasteiger partial charge on any atom is -0.508 e. The molecule has 0 saturated carbocycles. The van der Waals surface area contributed by atoms with Crippen LogP contribution in [0.5, 0.6) is 23.0 Å². The second kappa shape index (κ2) is 11.7. The minimum atomic E-state index is -1.76. The van der Waals surface area contributed by atoms with E-state index in [9.17, 15) is 45.6 Å². The molecule has 0 aromatic heterocycles. The molecule has 2 aromatic rings. The summed E-state index contributed by atoms with van der Waals surface area (Å²) in [4.78, 5) is 12.8. The molecule has 2 aromatic carbocycles. The van der Waals surface area contributed by atoms with E-state index in [0.29, 0.717) is 5.56 Å². The van der Waals surface area contributed by atoms with Crippen LogP contribution in [0.4, 0.5) is 0 Å². The zero-order chi connectivity index (χ0) is 29.6. The van der Waals surface area contributed by atoms with Gasteiger partial charge in [0.25, 0.3) is 0 Å². The second-order valence-corrected chi connectivity index (χ2v) is 10.3. The Labute approximate surface area is 233 Å². The van der Waals surface area contributed by atoms with Crippen molar-refractivity contribution < 1.29 is 69.3 Å². The molecule has 2 fully saturated rings. The lowest BCUT2D eigenvalue weighted by atomic mass is 9.95. The molecule has 0 unspecified atom stereocenters. The second-order valence-electron chi connectivity index (χ2n) is 10.3. The van der Waals surface area contributed by atoms with Gasteiger partial charge in [-0.05, 0) is 24.6 Å². The Balaban J connectivity index is 1.30. The molecule has 11 atom stereocenters. The molecule has 14 nitrogen and oxygen atoms in total. The molecule has 14 heteroatoms. The van der Waals surface area contributed by atoms with Gasteiger partial charge in [-0.25, -0.2) is 0 Å². The van der Waals surface area contributed by atoms with Crippen molar-refractivity contribution in [2.24, 2.45) is 0 Å². The molecule has 0 amide bonds. The summed E-state index contributed by atoms with van der Waals surface area (Å²) in [5, 5.41) is 81.5. The number of carbonyl (C=O) groups is 1. The van der Waals surface area contributed by atoms with E-state index in [-0.39, 0.29) is 29.2 Å². The molecule has 0 bridgehead atoms. The average Bonchev–Trinajstić information content (AvgIpc) is 2.94. The number of hydrogen-bond donors (Lipinski definition) is 8. The quantitative estimate of drug-likeness (QED) is 0.202. The number of carbonyl (C=O) groups excluding carboxylic acids is 1. The fraction of sp³-hybridized carbons (Fsp3) is 0.519. The van der Waals surface area contributed by atoms with Crippen LogP contribution in [0.25, 0.3) is 0 Å². The number of fused-ring (bicyclic) bond motifs is 1. The van der Waals surface area contributed by atoms with Gasteiger partial charge in [-0.1, -0.05) is 12.1 Å². The molecular weight excluding hydrogens is 548 g/mol. The molecule has 3 aliphatic heterocycles. The van der Waals surface area contributed by atoms with Crippen LogP contribution in [-0.2, 0) is 14.2 Å². The molecule has 41 heavy (non-hydrogen) atoms. The van der Waals surface area contributed by atoms with E-state index in [1.807, 2.05) is 0 Å². The highest BCUT2D eigenvalue weighted by Gasteiger charge is 2.47. The number of aromatic hydroxyl groups is 2. The Hall–Kier alpha value is -3.05. The fourth-order valence-corrected chi connectivity index (χ4v) is 4.98. The lowest BCUT2D eigenvalue weighted by Crippen LogP contribution is -2.61. The average molecular weight is 581 g/mol. The van der Waals surface area contributed by atoms with E-state index >= 15 is 0 Å². The molecule has 0 radical (unpaired) electrons. The number of ketones is 1. The summed E-state index contributed by atoms with van der Waals surface area (Å²) in [6, 6.07) is 8.51. The standard InChI is InChI=1S/C27H32O14/c1-10-20(31)22(33)24(35)26(38-10)37-9-18-21(32)23(34)25(36)27(41-18)39-13-6-14(29)19-15(30)8-16(40-17(19)7-13)11-2-4-12(28)5-3-11/h2-7,10,16,18,20-29,31-36H,8-9H2,1H3/t10-,16-,18+,20-,21+,22+,23+,24-,25-,26+,27+/m0/s1. The highest BCUT2D eigenvalue weighted by Crippen LogP contribution is 2.42. The predicted octanol–water partition coefficient (Wildman–Crippen LogP) is -1.17. The van der Waals surface area contributed by atoms with Crippen LogP contribution < -0.4 is 9.47 Å². The Bertz CT molecular complexity index is 1240. The monoisotopic (exact) mass is 580 g/mol. The summed E-state index contributed by atoms with van der Waals surface area (Å²) in [7, 11) is 0. The summed E-state index contributed by atoms with van der Waals surface area (Å²) >= 11 is 0. The van der Waals surface area contributed by atoms with Crippen molar-refractivity contribution in [2.45, 2.75) is 80.9 Å². The normalized spacial score (nSPS) is 37.2. The smallest absolute Gasteiger partial charge is 0.229 e. The van der Waals surface area contributed by atoms with Crippen LogP contribution in [0.3, 0.4) is 0 Å². The van der Waals surface area contributed by atoms with E-state index in [0.717, 1.165) is 6.07 Å². The van der Waals surface area contributed by atoms with Gasteiger partial charge >= 0.3 is 0 Å². The van der Waals surface area contributed by atoms with Crippen LogP contribution in [0.2, 0.25) is 0 Å². The molecule has 3 heterocycles. The van der Waals surface area contributed by atoms with E-state index in [4.69, 9.17) is 23.7 Å². The Kier molecular flexibility index (Phi) is 8.39. The maximum atomic E-state index is 12.8. The third kappa shape index (κ3) is 5.83. The van der Waals surface area contributed by atoms with E-state index < -0.39 is 85.7 Å². The maximum absolute atomic E-state index is 12.8. The molecule has 0 spiro atoms. The molecule has 0 aliphatic carbocycles. The number of aliphatic hydroxyl groups excluding tert-OH is 6. The number of aliphatic hydroxyl groups is 6. The number of benzene rings is 2. The van der Waals surface area contributed by atoms with Crippen molar-refractivity contribution in [3.63, 3.8) is 0 Å². The summed E-state index contributed by atoms with van der Waals surface area (Å²) in [5.41, 5.74) is 0.550. The van der Waals surface area contributed by atoms with Crippen molar-refractivity contribution in [2.75, 3.05) is 6.61 Å². The predicted molar refractivity (Wildman–Crippen MR) is 134 cm³/mol. The molecule has 3 aliphatic rings. The lowest BCUT2D eigenvalue weighted by molar-refractivity contribution is -0.318. The number of phenols is 2. The summed E-state index contributed by atoms with van der Waals surface area (Å²) in [6.45, 7) is 0.980. The highest BCUT2D eigenvalue weighted by molar-refractivity contribution is 6.02. The van der Waals surface area contributed by atoms with Gasteiger partial charge in [0.1, 0.15) is 77.4 Å². The summed E-state index contributed by atoms with van der Waals surface area (Å²) in [5.74, 6) is -0.893. The van der Waals surface area contributed by atoms with E-state index in [1.54, 1.807) is 12.1 Å². The third-order valence-electron chi connectivity index (χ3n) is 7.39. The van der Waals surface area contributed by atoms with E-state index in [2.05, 4.69) is 0 Å². The fourth-order valence-electron chi connectivity index (χ4n) is 4.98. The van der Waals surface area contributed by atoms with Gasteiger partial charge in [0.15, 0.2) is 12.1 Å². The van der Waals surface area contributed by atoms with Crippen LogP contribution in [-0.4, -0.2) is 115 Å². The van der Waals surface area contributed by atoms with Crippen molar-refractivity contribution in [1.29, 1.82) is 0 Å². The van der Waals surface area contributed by atoms with Gasteiger partial charge in [-0.3, -0.25) is 4.79 Å². The van der Waals surface area contributed by atoms with Gasteiger partial charge in [0, 0.05) is 12.1 Å². The van der Waals surface area contributed by atoms with Crippen LogP contribution >= 0.6 is 0 Å². The first-order chi connectivity index (χ1) is 19.4. The van der Waals surface area contributed by atoms with E-state index in [1.165, 1.54) is 25.1 Å². The first kappa shape index (κ1) is 29.4. The zero-order valence-corrected chi connectivity index (χ0v) is 21.8. The zero-order valence-electron chi connectivity index (χ0n) is 21.8. The first-order valence-electron chi connectivity index (χ1n) is 13.0. The van der Waals surface area contributed by atoms with Gasteiger partial charge in [-0.15, -0.1) is 0 Å². The number of phenolic OH excluding ortho intramolecular Hbond substituents is 2. The number of hydrogen-bond acceptors (Lipinski definition) is 14. The topological polar surface area (TPSA) is 225 Å². The molecular formula is C27H32O14. The molecule has 2 saturated heterocycles. The Morgan fingerprint density at radius 1 is 0.829 bits per heavy atom.